The Balaban J connectivity index is 1.74. The van der Waals surface area contributed by atoms with Crippen LogP contribution in [-0.2, 0) is 14.4 Å². The molecular weight excluding hydrogens is 593 g/mol. The van der Waals surface area contributed by atoms with Crippen molar-refractivity contribution < 1.29 is 38.1 Å². The summed E-state index contributed by atoms with van der Waals surface area (Å²) in [7, 11) is 1.52. The van der Waals surface area contributed by atoms with Crippen LogP contribution >= 0.6 is 0 Å². The highest BCUT2D eigenvalue weighted by molar-refractivity contribution is 5.95. The lowest BCUT2D eigenvalue weighted by molar-refractivity contribution is -0.143. The van der Waals surface area contributed by atoms with Crippen molar-refractivity contribution in [3.05, 3.63) is 47.3 Å². The van der Waals surface area contributed by atoms with Gasteiger partial charge in [-0.05, 0) is 74.6 Å². The Morgan fingerprint density at radius 2 is 1.83 bits per heavy atom. The van der Waals surface area contributed by atoms with Crippen LogP contribution in [0.2, 0.25) is 0 Å². The number of carboxylic acid groups (broad SMARTS) is 1. The number of hydrogen-bond acceptors (Lipinski definition) is 7. The molecule has 2 aromatic rings. The molecule has 0 radical (unpaired) electrons. The Morgan fingerprint density at radius 1 is 1.11 bits per heavy atom. The Labute approximate surface area is 271 Å². The molecule has 1 fully saturated rings. The monoisotopic (exact) mass is 641 g/mol. The second-order valence-corrected chi connectivity index (χ2v) is 12.2. The lowest BCUT2D eigenvalue weighted by atomic mass is 9.84. The van der Waals surface area contributed by atoms with Crippen molar-refractivity contribution >= 4 is 23.5 Å². The zero-order valence-corrected chi connectivity index (χ0v) is 27.9. The predicted octanol–water partition coefficient (Wildman–Crippen LogP) is 5.60. The van der Waals surface area contributed by atoms with Gasteiger partial charge in [-0.25, -0.2) is 4.39 Å². The van der Waals surface area contributed by atoms with E-state index in [0.717, 1.165) is 25.7 Å². The highest BCUT2D eigenvalue weighted by Crippen LogP contribution is 2.47. The Bertz CT molecular complexity index is 1400. The minimum absolute atomic E-state index is 0.0286. The fourth-order valence-corrected chi connectivity index (χ4v) is 7.04. The summed E-state index contributed by atoms with van der Waals surface area (Å²) < 4.78 is 31.1. The summed E-state index contributed by atoms with van der Waals surface area (Å²) >= 11 is 0. The highest BCUT2D eigenvalue weighted by Gasteiger charge is 2.48. The molecule has 1 N–H and O–H groups in total. The van der Waals surface area contributed by atoms with E-state index in [1.165, 1.54) is 20.1 Å². The van der Waals surface area contributed by atoms with Crippen LogP contribution in [0.3, 0.4) is 0 Å². The van der Waals surface area contributed by atoms with Gasteiger partial charge in [0.25, 0.3) is 0 Å². The predicted molar refractivity (Wildman–Crippen MR) is 173 cm³/mol. The Kier molecular flexibility index (Phi) is 11.9. The van der Waals surface area contributed by atoms with Crippen molar-refractivity contribution in [1.82, 2.24) is 9.80 Å². The second kappa shape index (κ2) is 15.6. The first-order valence-electron chi connectivity index (χ1n) is 16.3. The third-order valence-electron chi connectivity index (χ3n) is 9.30. The van der Waals surface area contributed by atoms with Crippen LogP contribution in [0, 0.1) is 18.7 Å². The van der Waals surface area contributed by atoms with Crippen LogP contribution in [0.1, 0.15) is 76.8 Å². The summed E-state index contributed by atoms with van der Waals surface area (Å²) in [4.78, 5) is 45.2. The number of carboxylic acids is 1. The topological polar surface area (TPSA) is 109 Å². The molecule has 0 spiro atoms. The summed E-state index contributed by atoms with van der Waals surface area (Å²) in [5, 5.41) is 10.7. The van der Waals surface area contributed by atoms with Crippen molar-refractivity contribution in [3.63, 3.8) is 0 Å². The van der Waals surface area contributed by atoms with E-state index in [-0.39, 0.29) is 37.0 Å². The molecule has 2 amide bonds. The van der Waals surface area contributed by atoms with E-state index in [2.05, 4.69) is 13.8 Å². The van der Waals surface area contributed by atoms with E-state index in [1.807, 2.05) is 11.8 Å². The molecule has 1 saturated heterocycles. The number of benzene rings is 2. The van der Waals surface area contributed by atoms with E-state index in [9.17, 15) is 23.9 Å². The molecule has 11 heteroatoms. The molecule has 4 rings (SSSR count). The molecule has 2 aromatic carbocycles. The zero-order chi connectivity index (χ0) is 33.5. The third-order valence-corrected chi connectivity index (χ3v) is 9.30. The lowest BCUT2D eigenvalue weighted by Gasteiger charge is -2.35. The molecule has 252 valence electrons. The van der Waals surface area contributed by atoms with Crippen molar-refractivity contribution in [2.24, 2.45) is 5.92 Å². The standard InChI is InChI=1S/C35H48FN3O7/c1-7-10-25(11-8-2)39(26-12-13-28(36)22(4)16-26)32(41)20-38-19-27(24-17-30(44-6)34-31(18-24)45-21-46-34)33(35(42)43)29(38)14-15-37(9-3)23(5)40/h12-13,16-18,25,27,29,33H,7-11,14-15,19-21H2,1-6H3,(H,42,43). The van der Waals surface area contributed by atoms with Crippen LogP contribution in [-0.4, -0.2) is 84.9 Å². The van der Waals surface area contributed by atoms with Crippen LogP contribution in [0.25, 0.3) is 0 Å². The van der Waals surface area contributed by atoms with Gasteiger partial charge in [-0.2, -0.15) is 0 Å². The van der Waals surface area contributed by atoms with Gasteiger partial charge in [-0.1, -0.05) is 26.7 Å². The SMILES string of the molecule is CCCC(CCC)N(C(=O)CN1CC(c2cc(OC)c3c(c2)OCO3)C(C(=O)O)C1CCN(CC)C(C)=O)c1ccc(F)c(C)c1. The molecule has 2 aliphatic heterocycles. The number of carbonyl (C=O) groups excluding carboxylic acids is 2. The quantitative estimate of drug-likeness (QED) is 0.268. The molecule has 0 aliphatic carbocycles. The maximum atomic E-state index is 14.4. The number of fused-ring (bicyclic) bond motifs is 1. The van der Waals surface area contributed by atoms with Gasteiger partial charge < -0.3 is 29.1 Å². The fourth-order valence-electron chi connectivity index (χ4n) is 7.04. The summed E-state index contributed by atoms with van der Waals surface area (Å²) in [5.74, 6) is -1.53. The molecule has 10 nitrogen and oxygen atoms in total. The number of aliphatic carboxylic acids is 1. The van der Waals surface area contributed by atoms with Crippen LogP contribution in [0.5, 0.6) is 17.2 Å². The minimum atomic E-state index is -0.978. The van der Waals surface area contributed by atoms with Gasteiger partial charge in [-0.3, -0.25) is 19.3 Å². The number of ether oxygens (including phenoxy) is 3. The molecule has 0 aromatic heterocycles. The van der Waals surface area contributed by atoms with Gasteiger partial charge in [0.2, 0.25) is 24.4 Å². The fraction of sp³-hybridized carbons (Fsp3) is 0.571. The average molecular weight is 642 g/mol. The number of anilines is 1. The van der Waals surface area contributed by atoms with E-state index in [0.29, 0.717) is 60.1 Å². The average Bonchev–Trinajstić information content (AvgIpc) is 3.64. The van der Waals surface area contributed by atoms with Gasteiger partial charge in [0, 0.05) is 50.2 Å². The van der Waals surface area contributed by atoms with E-state index in [1.54, 1.807) is 41.0 Å². The number of nitrogens with zero attached hydrogens (tertiary/aromatic N) is 3. The van der Waals surface area contributed by atoms with Gasteiger partial charge >= 0.3 is 5.97 Å². The zero-order valence-electron chi connectivity index (χ0n) is 27.9. The molecule has 2 heterocycles. The molecule has 3 unspecified atom stereocenters. The molecule has 0 saturated carbocycles. The van der Waals surface area contributed by atoms with E-state index in [4.69, 9.17) is 14.2 Å². The number of methoxy groups -OCH3 is 1. The maximum Gasteiger partial charge on any atom is 0.308 e. The molecule has 3 atom stereocenters. The van der Waals surface area contributed by atoms with Gasteiger partial charge in [0.15, 0.2) is 11.5 Å². The summed E-state index contributed by atoms with van der Waals surface area (Å²) in [6, 6.07) is 7.71. The highest BCUT2D eigenvalue weighted by atomic mass is 19.1. The van der Waals surface area contributed by atoms with Crippen molar-refractivity contribution in [2.75, 3.05) is 45.0 Å². The summed E-state index contributed by atoms with van der Waals surface area (Å²) in [5.41, 5.74) is 1.80. The smallest absolute Gasteiger partial charge is 0.308 e. The van der Waals surface area contributed by atoms with Crippen molar-refractivity contribution in [1.29, 1.82) is 0 Å². The lowest BCUT2D eigenvalue weighted by Crippen LogP contribution is -2.48. The number of amides is 2. The number of aryl methyl sites for hydroxylation is 1. The maximum absolute atomic E-state index is 14.4. The first kappa shape index (κ1) is 35.0. The Morgan fingerprint density at radius 3 is 2.41 bits per heavy atom. The number of carbonyl (C=O) groups is 3. The van der Waals surface area contributed by atoms with Crippen molar-refractivity contribution in [3.8, 4) is 17.2 Å². The number of hydrogen-bond donors (Lipinski definition) is 1. The largest absolute Gasteiger partial charge is 0.493 e. The second-order valence-electron chi connectivity index (χ2n) is 12.2. The first-order valence-corrected chi connectivity index (χ1v) is 16.3. The number of rotatable bonds is 15. The van der Waals surface area contributed by atoms with Gasteiger partial charge in [0.05, 0.1) is 19.6 Å². The van der Waals surface area contributed by atoms with Crippen LogP contribution in [0.4, 0.5) is 10.1 Å². The molecule has 0 bridgehead atoms. The van der Waals surface area contributed by atoms with Crippen molar-refractivity contribution in [2.45, 2.75) is 84.7 Å². The van der Waals surface area contributed by atoms with E-state index >= 15 is 0 Å². The van der Waals surface area contributed by atoms with Gasteiger partial charge in [0.1, 0.15) is 5.82 Å². The minimum Gasteiger partial charge on any atom is -0.493 e. The number of halogens is 1. The summed E-state index contributed by atoms with van der Waals surface area (Å²) in [6.07, 6.45) is 3.67. The van der Waals surface area contributed by atoms with Crippen LogP contribution in [0.15, 0.2) is 30.3 Å². The summed E-state index contributed by atoms with van der Waals surface area (Å²) in [6.45, 7) is 10.4. The van der Waals surface area contributed by atoms with E-state index < -0.39 is 23.8 Å². The van der Waals surface area contributed by atoms with Gasteiger partial charge in [-0.15, -0.1) is 0 Å². The number of likely N-dealkylation sites (tertiary alicyclic amines) is 1. The normalized spacial score (nSPS) is 19.0. The third kappa shape index (κ3) is 7.57. The van der Waals surface area contributed by atoms with Crippen LogP contribution < -0.4 is 19.1 Å². The first-order chi connectivity index (χ1) is 22.0. The Hall–Kier alpha value is -3.86. The molecule has 46 heavy (non-hydrogen) atoms. The molecular formula is C35H48FN3O7. The molecule has 2 aliphatic rings.